The summed E-state index contributed by atoms with van der Waals surface area (Å²) < 4.78 is 0. The zero-order chi connectivity index (χ0) is 10.2. The number of nitrogens with zero attached hydrogens (tertiary/aromatic N) is 3. The first-order valence-electron chi connectivity index (χ1n) is 3.43. The summed E-state index contributed by atoms with van der Waals surface area (Å²) in [6, 6.07) is -1.33. The van der Waals surface area contributed by atoms with Gasteiger partial charge in [-0.3, -0.25) is 10.0 Å². The lowest BCUT2D eigenvalue weighted by Gasteiger charge is -2.26. The van der Waals surface area contributed by atoms with Gasteiger partial charge in [-0.15, -0.1) is 5.06 Å². The number of imide groups is 1. The van der Waals surface area contributed by atoms with Crippen LogP contribution >= 0.6 is 0 Å². The fourth-order valence-electron chi connectivity index (χ4n) is 0.964. The van der Waals surface area contributed by atoms with Crippen molar-refractivity contribution in [1.82, 2.24) is 10.1 Å². The molecule has 1 atom stereocenters. The topological polar surface area (TPSA) is 104 Å². The Morgan fingerprint density at radius 1 is 1.62 bits per heavy atom. The Kier molecular flexibility index (Phi) is 2.15. The minimum Gasteiger partial charge on any atom is -0.277 e. The molecule has 0 aliphatic carbocycles. The molecule has 3 amide bonds. The van der Waals surface area contributed by atoms with Gasteiger partial charge in [-0.2, -0.15) is 0 Å². The average Bonchev–Trinajstić information content (AvgIpc) is 2.07. The van der Waals surface area contributed by atoms with E-state index < -0.39 is 22.9 Å². The Morgan fingerprint density at radius 2 is 2.15 bits per heavy atom. The summed E-state index contributed by atoms with van der Waals surface area (Å²) in [6.45, 7) is 1.07. The number of hydrogen-bond donors (Lipinski definition) is 1. The van der Waals surface area contributed by atoms with E-state index >= 15 is 0 Å². The summed E-state index contributed by atoms with van der Waals surface area (Å²) in [5, 5.41) is 18.0. The second-order valence-corrected chi connectivity index (χ2v) is 2.65. The fraction of sp³-hybridized carbons (Fsp3) is 0.600. The highest BCUT2D eigenvalue weighted by Crippen LogP contribution is 2.13. The van der Waals surface area contributed by atoms with Crippen LogP contribution in [0.4, 0.5) is 4.79 Å². The first-order valence-corrected chi connectivity index (χ1v) is 3.43. The van der Waals surface area contributed by atoms with Crippen LogP contribution in [-0.2, 0) is 4.79 Å². The molecule has 8 heteroatoms. The molecule has 1 N–H and O–H groups in total. The molecule has 0 bridgehead atoms. The monoisotopic (exact) mass is 189 g/mol. The van der Waals surface area contributed by atoms with E-state index in [1.54, 1.807) is 0 Å². The highest BCUT2D eigenvalue weighted by atomic mass is 16.7. The van der Waals surface area contributed by atoms with E-state index in [1.807, 2.05) is 0 Å². The molecule has 13 heavy (non-hydrogen) atoms. The molecule has 1 saturated heterocycles. The Morgan fingerprint density at radius 3 is 2.62 bits per heavy atom. The predicted molar refractivity (Wildman–Crippen MR) is 36.9 cm³/mol. The third-order valence-corrected chi connectivity index (χ3v) is 1.68. The molecule has 72 valence electrons. The third kappa shape index (κ3) is 1.43. The molecule has 8 nitrogen and oxygen atoms in total. The Hall–Kier alpha value is -1.70. The molecule has 1 aliphatic heterocycles. The van der Waals surface area contributed by atoms with Gasteiger partial charge in [-0.25, -0.2) is 14.9 Å². The molecule has 0 aromatic rings. The number of carbonyl (C=O) groups is 2. The van der Waals surface area contributed by atoms with Gasteiger partial charge in [0.05, 0.1) is 5.92 Å². The van der Waals surface area contributed by atoms with E-state index in [2.05, 4.69) is 0 Å². The zero-order valence-electron chi connectivity index (χ0n) is 6.71. The largest absolute Gasteiger partial charge is 0.408 e. The van der Waals surface area contributed by atoms with Gasteiger partial charge in [-0.05, 0) is 5.01 Å². The molecule has 0 spiro atoms. The molecule has 0 radical (unpaired) electrons. The van der Waals surface area contributed by atoms with E-state index in [0.717, 1.165) is 0 Å². The van der Waals surface area contributed by atoms with Crippen molar-refractivity contribution in [3.63, 3.8) is 0 Å². The normalized spacial score (nSPS) is 23.7. The summed E-state index contributed by atoms with van der Waals surface area (Å²) in [7, 11) is 0. The maximum atomic E-state index is 10.9. The predicted octanol–water partition coefficient (Wildman–Crippen LogP) is -0.532. The SMILES string of the molecule is CC1CN([N+](=O)[O-])C(=O)N(O)C1=O. The van der Waals surface area contributed by atoms with E-state index in [4.69, 9.17) is 5.21 Å². The van der Waals surface area contributed by atoms with Crippen LogP contribution in [0.5, 0.6) is 0 Å². The van der Waals surface area contributed by atoms with Crippen LogP contribution in [0.3, 0.4) is 0 Å². The van der Waals surface area contributed by atoms with Crippen LogP contribution in [0.2, 0.25) is 0 Å². The Labute approximate surface area is 72.4 Å². The van der Waals surface area contributed by atoms with Gasteiger partial charge in [-0.1, -0.05) is 6.92 Å². The van der Waals surface area contributed by atoms with Crippen molar-refractivity contribution >= 4 is 11.9 Å². The highest BCUT2D eigenvalue weighted by molar-refractivity contribution is 5.95. The van der Waals surface area contributed by atoms with Crippen molar-refractivity contribution in [3.05, 3.63) is 10.1 Å². The zero-order valence-corrected chi connectivity index (χ0v) is 6.71. The second-order valence-electron chi connectivity index (χ2n) is 2.65. The average molecular weight is 189 g/mol. The minimum atomic E-state index is -1.33. The molecular formula is C5H7N3O5. The van der Waals surface area contributed by atoms with Crippen molar-refractivity contribution in [3.8, 4) is 0 Å². The van der Waals surface area contributed by atoms with Gasteiger partial charge in [0.2, 0.25) is 0 Å². The van der Waals surface area contributed by atoms with Gasteiger partial charge in [0.15, 0.2) is 5.03 Å². The number of hydrogen-bond acceptors (Lipinski definition) is 5. The van der Waals surface area contributed by atoms with Crippen molar-refractivity contribution < 1.29 is 19.8 Å². The third-order valence-electron chi connectivity index (χ3n) is 1.68. The number of amides is 3. The minimum absolute atomic E-state index is 0.187. The lowest BCUT2D eigenvalue weighted by atomic mass is 10.1. The number of hydroxylamine groups is 2. The summed E-state index contributed by atoms with van der Waals surface area (Å²) in [5.41, 5.74) is 0. The number of urea groups is 1. The Balaban J connectivity index is 2.88. The van der Waals surface area contributed by atoms with E-state index in [9.17, 15) is 19.7 Å². The van der Waals surface area contributed by atoms with Gasteiger partial charge in [0.1, 0.15) is 6.54 Å². The first kappa shape index (κ1) is 9.39. The molecular weight excluding hydrogens is 182 g/mol. The smallest absolute Gasteiger partial charge is 0.277 e. The lowest BCUT2D eigenvalue weighted by Crippen LogP contribution is -2.56. The van der Waals surface area contributed by atoms with Crippen LogP contribution in [0.25, 0.3) is 0 Å². The van der Waals surface area contributed by atoms with Gasteiger partial charge in [0.25, 0.3) is 5.91 Å². The van der Waals surface area contributed by atoms with Crippen LogP contribution in [0.1, 0.15) is 6.92 Å². The molecule has 0 aromatic heterocycles. The van der Waals surface area contributed by atoms with E-state index in [0.29, 0.717) is 0 Å². The highest BCUT2D eigenvalue weighted by Gasteiger charge is 2.42. The number of nitro groups is 1. The van der Waals surface area contributed by atoms with Crippen molar-refractivity contribution in [2.24, 2.45) is 5.92 Å². The Bertz CT molecular complexity index is 277. The molecule has 0 aromatic carbocycles. The molecule has 0 saturated carbocycles. The second kappa shape index (κ2) is 2.98. The summed E-state index contributed by atoms with van der Waals surface area (Å²) in [4.78, 5) is 32.0. The molecule has 1 aliphatic rings. The fourth-order valence-corrected chi connectivity index (χ4v) is 0.964. The number of hydrazine groups is 1. The van der Waals surface area contributed by atoms with Crippen molar-refractivity contribution in [1.29, 1.82) is 0 Å². The molecule has 1 fully saturated rings. The molecule has 1 heterocycles. The van der Waals surface area contributed by atoms with Gasteiger partial charge >= 0.3 is 6.03 Å². The van der Waals surface area contributed by atoms with Crippen LogP contribution in [0, 0.1) is 16.0 Å². The first-order chi connectivity index (χ1) is 5.95. The van der Waals surface area contributed by atoms with Gasteiger partial charge < -0.3 is 0 Å². The molecule has 1 rings (SSSR count). The van der Waals surface area contributed by atoms with E-state index in [-0.39, 0.29) is 16.6 Å². The van der Waals surface area contributed by atoms with Gasteiger partial charge in [0, 0.05) is 0 Å². The maximum Gasteiger partial charge on any atom is 0.408 e. The van der Waals surface area contributed by atoms with Crippen LogP contribution < -0.4 is 0 Å². The summed E-state index contributed by atoms with van der Waals surface area (Å²) >= 11 is 0. The van der Waals surface area contributed by atoms with Crippen molar-refractivity contribution in [2.45, 2.75) is 6.92 Å². The molecule has 1 unspecified atom stereocenters. The standard InChI is InChI=1S/C5H7N3O5/c1-3-2-6(8(12)13)5(10)7(11)4(3)9/h3,11H,2H2,1H3. The quantitative estimate of drug-likeness (QED) is 0.339. The maximum absolute atomic E-state index is 10.9. The number of carbonyl (C=O) groups excluding carboxylic acids is 2. The van der Waals surface area contributed by atoms with E-state index in [1.165, 1.54) is 6.92 Å². The number of rotatable bonds is 1. The van der Waals surface area contributed by atoms with Crippen LogP contribution in [-0.4, -0.2) is 38.8 Å². The summed E-state index contributed by atoms with van der Waals surface area (Å²) in [6.07, 6.45) is 0. The summed E-state index contributed by atoms with van der Waals surface area (Å²) in [5.74, 6) is -1.60. The van der Waals surface area contributed by atoms with Crippen LogP contribution in [0.15, 0.2) is 0 Å². The van der Waals surface area contributed by atoms with Crippen molar-refractivity contribution in [2.75, 3.05) is 6.54 Å². The lowest BCUT2D eigenvalue weighted by molar-refractivity contribution is -0.636.